The minimum Gasteiger partial charge on any atom is -0.492 e. The summed E-state index contributed by atoms with van der Waals surface area (Å²) in [6, 6.07) is 12.6. The molecular formula is C21H27NO2S. The van der Waals surface area contributed by atoms with Crippen LogP contribution in [0.3, 0.4) is 0 Å². The quantitative estimate of drug-likeness (QED) is 0.714. The first-order chi connectivity index (χ1) is 11.9. The summed E-state index contributed by atoms with van der Waals surface area (Å²) in [5.74, 6) is 2.24. The first kappa shape index (κ1) is 19.4. The molecule has 0 aliphatic carbocycles. The van der Waals surface area contributed by atoms with Gasteiger partial charge in [-0.05, 0) is 56.5 Å². The molecule has 0 aliphatic rings. The normalized spacial score (nSPS) is 10.6. The monoisotopic (exact) mass is 357 g/mol. The number of rotatable bonds is 8. The molecule has 4 heteroatoms. The van der Waals surface area contributed by atoms with Crippen molar-refractivity contribution >= 4 is 17.7 Å². The van der Waals surface area contributed by atoms with Gasteiger partial charge in [0.1, 0.15) is 12.4 Å². The highest BCUT2D eigenvalue weighted by Gasteiger charge is 2.03. The number of hydrogen-bond donors (Lipinski definition) is 1. The molecule has 1 N–H and O–H groups in total. The van der Waals surface area contributed by atoms with Crippen LogP contribution in [0.25, 0.3) is 0 Å². The maximum atomic E-state index is 11.9. The molecule has 0 unspecified atom stereocenters. The SMILES string of the molecule is Cc1cc(C)cc(CSCC(=O)NCCOc2cc(C)cc(C)c2)c1. The molecule has 0 radical (unpaired) electrons. The Bertz CT molecular complexity index is 687. The predicted molar refractivity (Wildman–Crippen MR) is 106 cm³/mol. The predicted octanol–water partition coefficient (Wildman–Crippen LogP) is 4.35. The number of amides is 1. The summed E-state index contributed by atoms with van der Waals surface area (Å²) in [7, 11) is 0. The Morgan fingerprint density at radius 3 is 2.08 bits per heavy atom. The van der Waals surface area contributed by atoms with Crippen LogP contribution in [0.4, 0.5) is 0 Å². The average Bonchev–Trinajstić information content (AvgIpc) is 2.50. The van der Waals surface area contributed by atoms with Crippen LogP contribution >= 0.6 is 11.8 Å². The van der Waals surface area contributed by atoms with Crippen molar-refractivity contribution in [2.75, 3.05) is 18.9 Å². The highest BCUT2D eigenvalue weighted by atomic mass is 32.2. The van der Waals surface area contributed by atoms with Gasteiger partial charge in [-0.3, -0.25) is 4.79 Å². The molecule has 0 atom stereocenters. The molecule has 0 aromatic heterocycles. The zero-order chi connectivity index (χ0) is 18.2. The van der Waals surface area contributed by atoms with Crippen molar-refractivity contribution in [2.24, 2.45) is 0 Å². The van der Waals surface area contributed by atoms with Crippen LogP contribution in [0.5, 0.6) is 5.75 Å². The zero-order valence-electron chi connectivity index (χ0n) is 15.5. The second-order valence-electron chi connectivity index (χ2n) is 6.51. The van der Waals surface area contributed by atoms with Crippen molar-refractivity contribution in [1.29, 1.82) is 0 Å². The molecule has 2 aromatic carbocycles. The largest absolute Gasteiger partial charge is 0.492 e. The van der Waals surface area contributed by atoms with Crippen molar-refractivity contribution in [3.05, 3.63) is 64.2 Å². The highest BCUT2D eigenvalue weighted by molar-refractivity contribution is 7.99. The van der Waals surface area contributed by atoms with E-state index in [1.165, 1.54) is 27.8 Å². The van der Waals surface area contributed by atoms with Crippen molar-refractivity contribution in [3.63, 3.8) is 0 Å². The molecule has 0 spiro atoms. The molecule has 0 saturated heterocycles. The number of carbonyl (C=O) groups excluding carboxylic acids is 1. The lowest BCUT2D eigenvalue weighted by Gasteiger charge is -2.09. The maximum absolute atomic E-state index is 11.9. The van der Waals surface area contributed by atoms with Crippen LogP contribution in [0, 0.1) is 27.7 Å². The summed E-state index contributed by atoms with van der Waals surface area (Å²) < 4.78 is 5.70. The van der Waals surface area contributed by atoms with Crippen LogP contribution in [0.2, 0.25) is 0 Å². The Labute approximate surface area is 155 Å². The van der Waals surface area contributed by atoms with Crippen LogP contribution < -0.4 is 10.1 Å². The number of hydrogen-bond acceptors (Lipinski definition) is 3. The summed E-state index contributed by atoms with van der Waals surface area (Å²) in [4.78, 5) is 11.9. The lowest BCUT2D eigenvalue weighted by atomic mass is 10.1. The third-order valence-electron chi connectivity index (χ3n) is 3.67. The van der Waals surface area contributed by atoms with E-state index in [-0.39, 0.29) is 5.91 Å². The number of ether oxygens (including phenoxy) is 1. The Morgan fingerprint density at radius 2 is 1.48 bits per heavy atom. The molecule has 0 heterocycles. The van der Waals surface area contributed by atoms with Crippen molar-refractivity contribution in [2.45, 2.75) is 33.4 Å². The van der Waals surface area contributed by atoms with E-state index in [0.29, 0.717) is 18.9 Å². The molecule has 0 fully saturated rings. The minimum atomic E-state index is 0.0541. The first-order valence-electron chi connectivity index (χ1n) is 8.55. The van der Waals surface area contributed by atoms with Gasteiger partial charge in [-0.25, -0.2) is 0 Å². The maximum Gasteiger partial charge on any atom is 0.230 e. The highest BCUT2D eigenvalue weighted by Crippen LogP contribution is 2.16. The van der Waals surface area contributed by atoms with E-state index in [2.05, 4.69) is 57.3 Å². The Kier molecular flexibility index (Phi) is 7.38. The third-order valence-corrected chi connectivity index (χ3v) is 4.68. The molecule has 3 nitrogen and oxygen atoms in total. The van der Waals surface area contributed by atoms with Gasteiger partial charge in [0.2, 0.25) is 5.91 Å². The molecule has 0 bridgehead atoms. The fraction of sp³-hybridized carbons (Fsp3) is 0.381. The molecule has 2 rings (SSSR count). The third kappa shape index (κ3) is 7.22. The van der Waals surface area contributed by atoms with E-state index in [1.807, 2.05) is 12.1 Å². The Hall–Kier alpha value is -1.94. The summed E-state index contributed by atoms with van der Waals surface area (Å²) >= 11 is 1.64. The van der Waals surface area contributed by atoms with E-state index < -0.39 is 0 Å². The van der Waals surface area contributed by atoms with Crippen molar-refractivity contribution in [3.8, 4) is 5.75 Å². The summed E-state index contributed by atoms with van der Waals surface area (Å²) in [6.07, 6.45) is 0. The average molecular weight is 358 g/mol. The van der Waals surface area contributed by atoms with Gasteiger partial charge in [-0.2, -0.15) is 0 Å². The van der Waals surface area contributed by atoms with Crippen LogP contribution in [0.1, 0.15) is 27.8 Å². The van der Waals surface area contributed by atoms with Gasteiger partial charge in [-0.15, -0.1) is 11.8 Å². The second-order valence-corrected chi connectivity index (χ2v) is 7.50. The minimum absolute atomic E-state index is 0.0541. The number of thioether (sulfide) groups is 1. The molecule has 0 saturated carbocycles. The van der Waals surface area contributed by atoms with Gasteiger partial charge < -0.3 is 10.1 Å². The van der Waals surface area contributed by atoms with Crippen LogP contribution in [-0.2, 0) is 10.5 Å². The van der Waals surface area contributed by atoms with Crippen LogP contribution in [-0.4, -0.2) is 24.8 Å². The Balaban J connectivity index is 1.64. The van der Waals surface area contributed by atoms with Gasteiger partial charge in [0, 0.05) is 5.75 Å². The molecule has 2 aromatic rings. The van der Waals surface area contributed by atoms with Gasteiger partial charge in [0.25, 0.3) is 0 Å². The number of benzene rings is 2. The smallest absolute Gasteiger partial charge is 0.230 e. The van der Waals surface area contributed by atoms with Gasteiger partial charge in [0.15, 0.2) is 0 Å². The van der Waals surface area contributed by atoms with E-state index in [0.717, 1.165) is 11.5 Å². The van der Waals surface area contributed by atoms with Crippen LogP contribution in [0.15, 0.2) is 36.4 Å². The fourth-order valence-electron chi connectivity index (χ4n) is 2.84. The second kappa shape index (κ2) is 9.52. The van der Waals surface area contributed by atoms with E-state index >= 15 is 0 Å². The number of carbonyl (C=O) groups is 1. The summed E-state index contributed by atoms with van der Waals surface area (Å²) in [5.41, 5.74) is 6.17. The van der Waals surface area contributed by atoms with Crippen molar-refractivity contribution in [1.82, 2.24) is 5.32 Å². The fourth-order valence-corrected chi connectivity index (χ4v) is 3.63. The van der Waals surface area contributed by atoms with E-state index in [1.54, 1.807) is 11.8 Å². The van der Waals surface area contributed by atoms with Gasteiger partial charge in [-0.1, -0.05) is 35.4 Å². The number of aryl methyl sites for hydroxylation is 4. The Morgan fingerprint density at radius 1 is 0.920 bits per heavy atom. The lowest BCUT2D eigenvalue weighted by Crippen LogP contribution is -2.29. The summed E-state index contributed by atoms with van der Waals surface area (Å²) in [5, 5.41) is 2.91. The van der Waals surface area contributed by atoms with E-state index in [4.69, 9.17) is 4.74 Å². The van der Waals surface area contributed by atoms with Gasteiger partial charge in [0.05, 0.1) is 12.3 Å². The molecule has 1 amide bonds. The van der Waals surface area contributed by atoms with E-state index in [9.17, 15) is 4.79 Å². The van der Waals surface area contributed by atoms with Crippen molar-refractivity contribution < 1.29 is 9.53 Å². The molecule has 25 heavy (non-hydrogen) atoms. The number of nitrogens with one attached hydrogen (secondary N) is 1. The van der Waals surface area contributed by atoms with Gasteiger partial charge >= 0.3 is 0 Å². The molecule has 134 valence electrons. The zero-order valence-corrected chi connectivity index (χ0v) is 16.3. The lowest BCUT2D eigenvalue weighted by molar-refractivity contribution is -0.118. The topological polar surface area (TPSA) is 38.3 Å². The molecular weight excluding hydrogens is 330 g/mol. The summed E-state index contributed by atoms with van der Waals surface area (Å²) in [6.45, 7) is 9.31. The molecule has 0 aliphatic heterocycles. The first-order valence-corrected chi connectivity index (χ1v) is 9.70. The standard InChI is InChI=1S/C21H27NO2S/c1-15-7-16(2)10-19(9-15)13-25-14-21(23)22-5-6-24-20-11-17(3)8-18(4)12-20/h7-12H,5-6,13-14H2,1-4H3,(H,22,23).